The van der Waals surface area contributed by atoms with Crippen LogP contribution in [0.2, 0.25) is 0 Å². The third-order valence-corrected chi connectivity index (χ3v) is 4.31. The van der Waals surface area contributed by atoms with Gasteiger partial charge in [-0.3, -0.25) is 10.1 Å². The molecule has 0 heterocycles. The number of rotatable bonds is 7. The first kappa shape index (κ1) is 18.5. The van der Waals surface area contributed by atoms with Gasteiger partial charge in [0.15, 0.2) is 0 Å². The average Bonchev–Trinajstić information content (AvgIpc) is 2.70. The Morgan fingerprint density at radius 1 is 1.04 bits per heavy atom. The highest BCUT2D eigenvalue weighted by atomic mass is 19.1. The Balaban J connectivity index is 1.90. The van der Waals surface area contributed by atoms with Crippen LogP contribution in [0.1, 0.15) is 22.7 Å². The van der Waals surface area contributed by atoms with E-state index in [2.05, 4.69) is 5.32 Å². The molecular weight excluding hydrogens is 347 g/mol. The number of ether oxygens (including phenoxy) is 1. The topological polar surface area (TPSA) is 64.4 Å². The fraction of sp³-hybridized carbons (Fsp3) is 0.143. The highest BCUT2D eigenvalue weighted by molar-refractivity contribution is 5.44. The van der Waals surface area contributed by atoms with Gasteiger partial charge in [0.25, 0.3) is 5.69 Å². The zero-order valence-electron chi connectivity index (χ0n) is 14.8. The smallest absolute Gasteiger partial charge is 0.270 e. The van der Waals surface area contributed by atoms with Crippen LogP contribution in [0.15, 0.2) is 72.8 Å². The maximum atomic E-state index is 13.3. The van der Waals surface area contributed by atoms with Crippen molar-refractivity contribution in [3.63, 3.8) is 0 Å². The van der Waals surface area contributed by atoms with Crippen LogP contribution in [0.4, 0.5) is 10.1 Å². The largest absolute Gasteiger partial charge is 0.496 e. The van der Waals surface area contributed by atoms with E-state index < -0.39 is 4.92 Å². The van der Waals surface area contributed by atoms with Crippen LogP contribution < -0.4 is 10.1 Å². The van der Waals surface area contributed by atoms with E-state index in [1.165, 1.54) is 31.4 Å². The van der Waals surface area contributed by atoms with Crippen molar-refractivity contribution in [1.82, 2.24) is 5.32 Å². The molecule has 0 bridgehead atoms. The van der Waals surface area contributed by atoms with Crippen LogP contribution in [0, 0.1) is 15.9 Å². The third-order valence-electron chi connectivity index (χ3n) is 4.31. The molecule has 27 heavy (non-hydrogen) atoms. The van der Waals surface area contributed by atoms with E-state index in [1.807, 2.05) is 30.3 Å². The first-order chi connectivity index (χ1) is 13.1. The minimum Gasteiger partial charge on any atom is -0.496 e. The molecule has 5 nitrogen and oxygen atoms in total. The summed E-state index contributed by atoms with van der Waals surface area (Å²) in [7, 11) is 1.53. The van der Waals surface area contributed by atoms with Crippen LogP contribution in [0.5, 0.6) is 5.75 Å². The van der Waals surface area contributed by atoms with Crippen molar-refractivity contribution in [2.75, 3.05) is 7.11 Å². The predicted octanol–water partition coefficient (Wildman–Crippen LogP) is 4.62. The second-order valence-corrected chi connectivity index (χ2v) is 6.03. The summed E-state index contributed by atoms with van der Waals surface area (Å²) in [5.41, 5.74) is 2.58. The average molecular weight is 366 g/mol. The van der Waals surface area contributed by atoms with Crippen molar-refractivity contribution in [2.45, 2.75) is 12.6 Å². The molecule has 3 aromatic rings. The Kier molecular flexibility index (Phi) is 5.78. The van der Waals surface area contributed by atoms with Gasteiger partial charge in [0.1, 0.15) is 11.6 Å². The SMILES string of the molecule is COc1ccc([N+](=O)[O-])cc1CNC(c1ccccc1)c1ccc(F)cc1. The molecule has 1 N–H and O–H groups in total. The summed E-state index contributed by atoms with van der Waals surface area (Å²) >= 11 is 0. The molecule has 6 heteroatoms. The van der Waals surface area contributed by atoms with Crippen molar-refractivity contribution >= 4 is 5.69 Å². The van der Waals surface area contributed by atoms with Crippen molar-refractivity contribution in [2.24, 2.45) is 0 Å². The van der Waals surface area contributed by atoms with E-state index >= 15 is 0 Å². The van der Waals surface area contributed by atoms with Gasteiger partial charge in [0.05, 0.1) is 18.1 Å². The molecular formula is C21H19FN2O3. The summed E-state index contributed by atoms with van der Waals surface area (Å²) in [6.45, 7) is 0.349. The monoisotopic (exact) mass is 366 g/mol. The molecule has 0 aliphatic carbocycles. The first-order valence-electron chi connectivity index (χ1n) is 8.43. The molecule has 0 aliphatic rings. The Labute approximate surface area is 156 Å². The fourth-order valence-corrected chi connectivity index (χ4v) is 2.96. The molecule has 138 valence electrons. The van der Waals surface area contributed by atoms with Crippen molar-refractivity contribution in [1.29, 1.82) is 0 Å². The van der Waals surface area contributed by atoms with Crippen molar-refractivity contribution in [3.8, 4) is 5.75 Å². The number of halogens is 1. The normalized spacial score (nSPS) is 11.8. The number of methoxy groups -OCH3 is 1. The molecule has 1 unspecified atom stereocenters. The quantitative estimate of drug-likeness (QED) is 0.489. The van der Waals surface area contributed by atoms with Crippen LogP contribution in [0.3, 0.4) is 0 Å². The highest BCUT2D eigenvalue weighted by Crippen LogP contribution is 2.27. The molecule has 0 saturated heterocycles. The minimum atomic E-state index is -0.433. The zero-order valence-corrected chi connectivity index (χ0v) is 14.8. The van der Waals surface area contributed by atoms with Crippen molar-refractivity contribution < 1.29 is 14.1 Å². The Hall–Kier alpha value is -3.25. The molecule has 3 aromatic carbocycles. The number of hydrogen-bond donors (Lipinski definition) is 1. The summed E-state index contributed by atoms with van der Waals surface area (Å²) < 4.78 is 18.6. The van der Waals surface area contributed by atoms with Crippen LogP contribution in [-0.2, 0) is 6.54 Å². The van der Waals surface area contributed by atoms with Gasteiger partial charge in [0, 0.05) is 24.2 Å². The Morgan fingerprint density at radius 3 is 2.33 bits per heavy atom. The van der Waals surface area contributed by atoms with Gasteiger partial charge in [0.2, 0.25) is 0 Å². The van der Waals surface area contributed by atoms with E-state index in [4.69, 9.17) is 4.74 Å². The second kappa shape index (κ2) is 8.42. The van der Waals surface area contributed by atoms with Crippen molar-refractivity contribution in [3.05, 3.63) is 105 Å². The maximum Gasteiger partial charge on any atom is 0.270 e. The molecule has 0 aromatic heterocycles. The van der Waals surface area contributed by atoms with Gasteiger partial charge in [-0.2, -0.15) is 0 Å². The molecule has 0 fully saturated rings. The van der Waals surface area contributed by atoms with Gasteiger partial charge in [-0.05, 0) is 29.3 Å². The van der Waals surface area contributed by atoms with Gasteiger partial charge in [-0.15, -0.1) is 0 Å². The zero-order chi connectivity index (χ0) is 19.2. The number of nitrogens with zero attached hydrogens (tertiary/aromatic N) is 1. The number of hydrogen-bond acceptors (Lipinski definition) is 4. The summed E-state index contributed by atoms with van der Waals surface area (Å²) in [6, 6.07) is 20.3. The number of nitrogens with one attached hydrogen (secondary N) is 1. The standard InChI is InChI=1S/C21H19FN2O3/c1-27-20-12-11-19(24(25)26)13-17(20)14-23-21(15-5-3-2-4-6-15)16-7-9-18(22)10-8-16/h2-13,21,23H,14H2,1H3. The number of non-ortho nitro benzene ring substituents is 1. The first-order valence-corrected chi connectivity index (χ1v) is 8.43. The number of benzene rings is 3. The lowest BCUT2D eigenvalue weighted by molar-refractivity contribution is -0.384. The molecule has 0 amide bonds. The van der Waals surface area contributed by atoms with Gasteiger partial charge < -0.3 is 10.1 Å². The second-order valence-electron chi connectivity index (χ2n) is 6.03. The van der Waals surface area contributed by atoms with Crippen LogP contribution in [-0.4, -0.2) is 12.0 Å². The van der Waals surface area contributed by atoms with Gasteiger partial charge in [-0.25, -0.2) is 4.39 Å². The van der Waals surface area contributed by atoms with E-state index in [0.29, 0.717) is 17.9 Å². The van der Waals surface area contributed by atoms with Crippen LogP contribution in [0.25, 0.3) is 0 Å². The minimum absolute atomic E-state index is 0.00523. The highest BCUT2D eigenvalue weighted by Gasteiger charge is 2.16. The van der Waals surface area contributed by atoms with E-state index in [1.54, 1.807) is 18.2 Å². The molecule has 0 spiro atoms. The molecule has 0 saturated carbocycles. The van der Waals surface area contributed by atoms with Crippen LogP contribution >= 0.6 is 0 Å². The number of nitro groups is 1. The Morgan fingerprint density at radius 2 is 1.70 bits per heavy atom. The van der Waals surface area contributed by atoms with Gasteiger partial charge in [-0.1, -0.05) is 42.5 Å². The third kappa shape index (κ3) is 4.48. The van der Waals surface area contributed by atoms with Gasteiger partial charge >= 0.3 is 0 Å². The molecule has 0 radical (unpaired) electrons. The number of nitro benzene ring substituents is 1. The summed E-state index contributed by atoms with van der Waals surface area (Å²) in [6.07, 6.45) is 0. The summed E-state index contributed by atoms with van der Waals surface area (Å²) in [5.74, 6) is 0.268. The Bertz CT molecular complexity index is 914. The lowest BCUT2D eigenvalue weighted by atomic mass is 9.98. The molecule has 3 rings (SSSR count). The van der Waals surface area contributed by atoms with E-state index in [0.717, 1.165) is 11.1 Å². The fourth-order valence-electron chi connectivity index (χ4n) is 2.96. The maximum absolute atomic E-state index is 13.3. The molecule has 0 aliphatic heterocycles. The van der Waals surface area contributed by atoms with E-state index in [-0.39, 0.29) is 17.5 Å². The summed E-state index contributed by atoms with van der Waals surface area (Å²) in [5, 5.41) is 14.5. The lowest BCUT2D eigenvalue weighted by Crippen LogP contribution is -2.22. The molecule has 1 atom stereocenters. The lowest BCUT2D eigenvalue weighted by Gasteiger charge is -2.21. The predicted molar refractivity (Wildman–Crippen MR) is 101 cm³/mol. The van der Waals surface area contributed by atoms with E-state index in [9.17, 15) is 14.5 Å². The summed E-state index contributed by atoms with van der Waals surface area (Å²) in [4.78, 5) is 10.6.